The number of nitrogens with zero attached hydrogens (tertiary/aromatic N) is 4. The number of imidazole rings is 1. The number of hydrogen-bond donors (Lipinski definition) is 3. The van der Waals surface area contributed by atoms with Gasteiger partial charge in [0.25, 0.3) is 5.91 Å². The van der Waals surface area contributed by atoms with E-state index in [0.717, 1.165) is 45.6 Å². The lowest BCUT2D eigenvalue weighted by atomic mass is 10.0. The highest BCUT2D eigenvalue weighted by atomic mass is 16.1. The molecule has 0 radical (unpaired) electrons. The second-order valence-electron chi connectivity index (χ2n) is 9.34. The third-order valence-electron chi connectivity index (χ3n) is 7.07. The summed E-state index contributed by atoms with van der Waals surface area (Å²) >= 11 is 0. The number of amides is 1. The van der Waals surface area contributed by atoms with Crippen LogP contribution in [0.3, 0.4) is 0 Å². The zero-order valence-corrected chi connectivity index (χ0v) is 19.5. The van der Waals surface area contributed by atoms with Crippen molar-refractivity contribution in [1.29, 1.82) is 0 Å². The molecule has 0 aliphatic heterocycles. The molecule has 8 nitrogen and oxygen atoms in total. The van der Waals surface area contributed by atoms with Crippen LogP contribution in [0.15, 0.2) is 67.1 Å². The maximum atomic E-state index is 13.0. The molecule has 4 heterocycles. The van der Waals surface area contributed by atoms with Crippen LogP contribution in [0.4, 0.5) is 0 Å². The zero-order valence-electron chi connectivity index (χ0n) is 19.5. The van der Waals surface area contributed by atoms with E-state index in [1.165, 1.54) is 12.8 Å². The summed E-state index contributed by atoms with van der Waals surface area (Å²) in [6.45, 7) is 0. The quantitative estimate of drug-likeness (QED) is 0.318. The normalized spacial score (nSPS) is 14.2. The van der Waals surface area contributed by atoms with Crippen molar-refractivity contribution in [3.05, 3.63) is 72.7 Å². The summed E-state index contributed by atoms with van der Waals surface area (Å²) < 4.78 is 0. The molecule has 0 unspecified atom stereocenters. The molecule has 7 rings (SSSR count). The highest BCUT2D eigenvalue weighted by Crippen LogP contribution is 2.32. The smallest absolute Gasteiger partial charge is 0.253 e. The Balaban J connectivity index is 1.31. The van der Waals surface area contributed by atoms with E-state index in [2.05, 4.69) is 48.7 Å². The van der Waals surface area contributed by atoms with Crippen molar-refractivity contribution in [3.63, 3.8) is 0 Å². The van der Waals surface area contributed by atoms with E-state index in [-0.39, 0.29) is 11.9 Å². The zero-order chi connectivity index (χ0) is 24.1. The molecule has 8 heteroatoms. The van der Waals surface area contributed by atoms with Crippen LogP contribution in [0.1, 0.15) is 36.0 Å². The Labute approximate surface area is 206 Å². The number of pyridine rings is 2. The lowest BCUT2D eigenvalue weighted by Crippen LogP contribution is -2.32. The fourth-order valence-corrected chi connectivity index (χ4v) is 5.24. The molecule has 1 saturated carbocycles. The van der Waals surface area contributed by atoms with Crippen LogP contribution in [-0.4, -0.2) is 42.1 Å². The van der Waals surface area contributed by atoms with E-state index >= 15 is 0 Å². The SMILES string of the molecule is O=C(NC1CCCC1)c1cccc2[nH]c(-c3n[nH]c4ncc(-c5cncc6ccccc56)cc34)nc12. The predicted molar refractivity (Wildman–Crippen MR) is 139 cm³/mol. The monoisotopic (exact) mass is 473 g/mol. The fourth-order valence-electron chi connectivity index (χ4n) is 5.24. The first-order valence-electron chi connectivity index (χ1n) is 12.2. The minimum absolute atomic E-state index is 0.0788. The summed E-state index contributed by atoms with van der Waals surface area (Å²) in [6, 6.07) is 16.1. The van der Waals surface area contributed by atoms with Gasteiger partial charge in [0.1, 0.15) is 11.2 Å². The van der Waals surface area contributed by atoms with Gasteiger partial charge in [0.05, 0.1) is 16.5 Å². The fraction of sp³-hybridized carbons (Fsp3) is 0.179. The standard InChI is InChI=1S/C28H23N7O/c36-28(31-18-7-2-3-8-18)20-10-5-11-23-24(20)33-27(32-23)25-21-12-17(14-30-26(21)35-34-25)22-15-29-13-16-6-1-4-9-19(16)22/h1,4-6,9-15,18H,2-3,7-8H2,(H,31,36)(H,32,33)(H,30,34,35). The predicted octanol–water partition coefficient (Wildman–Crippen LogP) is 5.39. The van der Waals surface area contributed by atoms with Crippen molar-refractivity contribution in [2.45, 2.75) is 31.7 Å². The first kappa shape index (κ1) is 20.8. The number of aromatic amines is 2. The molecule has 1 aliphatic rings. The number of rotatable bonds is 4. The summed E-state index contributed by atoms with van der Waals surface area (Å²) in [5, 5.41) is 13.7. The van der Waals surface area contributed by atoms with Gasteiger partial charge < -0.3 is 10.3 Å². The van der Waals surface area contributed by atoms with E-state index < -0.39 is 0 Å². The minimum atomic E-state index is -0.0788. The van der Waals surface area contributed by atoms with Crippen LogP contribution < -0.4 is 5.32 Å². The Kier molecular flexibility index (Phi) is 4.77. The van der Waals surface area contributed by atoms with E-state index in [9.17, 15) is 4.79 Å². The molecular weight excluding hydrogens is 450 g/mol. The largest absolute Gasteiger partial charge is 0.349 e. The summed E-state index contributed by atoms with van der Waals surface area (Å²) in [4.78, 5) is 30.2. The molecule has 1 fully saturated rings. The molecule has 0 saturated heterocycles. The van der Waals surface area contributed by atoms with Crippen LogP contribution >= 0.6 is 0 Å². The number of aromatic nitrogens is 6. The van der Waals surface area contributed by atoms with Gasteiger partial charge in [-0.15, -0.1) is 0 Å². The Bertz CT molecular complexity index is 1760. The second kappa shape index (κ2) is 8.27. The van der Waals surface area contributed by atoms with Crippen molar-refractivity contribution in [1.82, 2.24) is 35.5 Å². The minimum Gasteiger partial charge on any atom is -0.349 e. The van der Waals surface area contributed by atoms with Gasteiger partial charge in [0.2, 0.25) is 0 Å². The van der Waals surface area contributed by atoms with E-state index in [0.29, 0.717) is 28.2 Å². The van der Waals surface area contributed by atoms with Gasteiger partial charge in [-0.2, -0.15) is 5.10 Å². The number of hydrogen-bond acceptors (Lipinski definition) is 5. The van der Waals surface area contributed by atoms with Gasteiger partial charge in [0.15, 0.2) is 11.5 Å². The summed E-state index contributed by atoms with van der Waals surface area (Å²) in [6.07, 6.45) is 9.96. The van der Waals surface area contributed by atoms with Crippen LogP contribution in [-0.2, 0) is 0 Å². The van der Waals surface area contributed by atoms with Crippen LogP contribution in [0, 0.1) is 0 Å². The highest BCUT2D eigenvalue weighted by Gasteiger charge is 2.21. The van der Waals surface area contributed by atoms with E-state index in [4.69, 9.17) is 4.98 Å². The van der Waals surface area contributed by atoms with Crippen molar-refractivity contribution >= 4 is 38.7 Å². The van der Waals surface area contributed by atoms with Crippen LogP contribution in [0.5, 0.6) is 0 Å². The number of nitrogens with one attached hydrogen (secondary N) is 3. The first-order valence-corrected chi connectivity index (χ1v) is 12.2. The Morgan fingerprint density at radius 3 is 2.78 bits per heavy atom. The van der Waals surface area contributed by atoms with Gasteiger partial charge in [-0.05, 0) is 36.4 Å². The molecule has 1 aliphatic carbocycles. The Morgan fingerprint density at radius 2 is 1.86 bits per heavy atom. The third kappa shape index (κ3) is 3.41. The van der Waals surface area contributed by atoms with Crippen LogP contribution in [0.25, 0.3) is 55.5 Å². The number of para-hydroxylation sites is 1. The number of carbonyl (C=O) groups excluding carboxylic acids is 1. The molecule has 3 N–H and O–H groups in total. The van der Waals surface area contributed by atoms with Gasteiger partial charge in [-0.25, -0.2) is 9.97 Å². The van der Waals surface area contributed by atoms with E-state index in [1.807, 2.05) is 48.9 Å². The number of carbonyl (C=O) groups is 1. The number of benzene rings is 2. The van der Waals surface area contributed by atoms with Gasteiger partial charge in [0, 0.05) is 41.1 Å². The molecule has 36 heavy (non-hydrogen) atoms. The first-order chi connectivity index (χ1) is 17.7. The molecule has 4 aromatic heterocycles. The van der Waals surface area contributed by atoms with Crippen molar-refractivity contribution < 1.29 is 4.79 Å². The second-order valence-corrected chi connectivity index (χ2v) is 9.34. The molecule has 2 aromatic carbocycles. The molecule has 0 spiro atoms. The average molecular weight is 474 g/mol. The molecular formula is C28H23N7O. The maximum absolute atomic E-state index is 13.0. The van der Waals surface area contributed by atoms with Crippen molar-refractivity contribution in [2.24, 2.45) is 0 Å². The average Bonchev–Trinajstić information content (AvgIpc) is 3.67. The molecule has 0 bridgehead atoms. The molecule has 6 aromatic rings. The lowest BCUT2D eigenvalue weighted by molar-refractivity contribution is 0.0939. The summed E-state index contributed by atoms with van der Waals surface area (Å²) in [5.41, 5.74) is 5.28. The molecule has 176 valence electrons. The van der Waals surface area contributed by atoms with Gasteiger partial charge >= 0.3 is 0 Å². The number of fused-ring (bicyclic) bond motifs is 3. The maximum Gasteiger partial charge on any atom is 0.253 e. The molecule has 1 amide bonds. The van der Waals surface area contributed by atoms with Crippen LogP contribution in [0.2, 0.25) is 0 Å². The Morgan fingerprint density at radius 1 is 0.972 bits per heavy atom. The lowest BCUT2D eigenvalue weighted by Gasteiger charge is -2.11. The Hall–Kier alpha value is -4.59. The van der Waals surface area contributed by atoms with Crippen molar-refractivity contribution in [2.75, 3.05) is 0 Å². The van der Waals surface area contributed by atoms with Crippen molar-refractivity contribution in [3.8, 4) is 22.6 Å². The van der Waals surface area contributed by atoms with Gasteiger partial charge in [-0.1, -0.05) is 43.2 Å². The number of H-pyrrole nitrogens is 2. The summed E-state index contributed by atoms with van der Waals surface area (Å²) in [5.74, 6) is 0.511. The topological polar surface area (TPSA) is 112 Å². The molecule has 0 atom stereocenters. The van der Waals surface area contributed by atoms with E-state index in [1.54, 1.807) is 0 Å². The third-order valence-corrected chi connectivity index (χ3v) is 7.07. The summed E-state index contributed by atoms with van der Waals surface area (Å²) in [7, 11) is 0. The highest BCUT2D eigenvalue weighted by molar-refractivity contribution is 6.06. The van der Waals surface area contributed by atoms with Gasteiger partial charge in [-0.3, -0.25) is 14.9 Å².